The average molecular weight is 372 g/mol. The molecule has 1 saturated heterocycles. The van der Waals surface area contributed by atoms with Crippen molar-refractivity contribution >= 4 is 28.8 Å². The predicted octanol–water partition coefficient (Wildman–Crippen LogP) is 4.33. The third kappa shape index (κ3) is 3.47. The van der Waals surface area contributed by atoms with Crippen LogP contribution >= 0.6 is 0 Å². The number of likely N-dealkylation sites (N-methyl/N-ethyl adjacent to an activating group) is 1. The number of urea groups is 1. The lowest BCUT2D eigenvalue weighted by Crippen LogP contribution is -2.30. The first kappa shape index (κ1) is 17.8. The quantitative estimate of drug-likeness (QED) is 0.536. The number of imide groups is 1. The number of rotatable bonds is 5. The molecule has 0 unspecified atom stereocenters. The standard InChI is InChI=1S/C23H20N2O3/c1-2-25-22(26)21(24-23(25)27)14-16-10-12-19(13-11-16)28-15-18-8-5-7-17-6-3-4-9-20(17)18/h3-14H,2,15H2,1H3,(H,24,27)/b21-14+. The SMILES string of the molecule is CCN1C(=O)N/C(=C/c2ccc(OCc3cccc4ccccc34)cc2)C1=O. The first-order valence-electron chi connectivity index (χ1n) is 9.20. The molecule has 0 spiro atoms. The minimum atomic E-state index is -0.381. The Morgan fingerprint density at radius 3 is 2.46 bits per heavy atom. The smallest absolute Gasteiger partial charge is 0.328 e. The lowest BCUT2D eigenvalue weighted by molar-refractivity contribution is -0.122. The van der Waals surface area contributed by atoms with Gasteiger partial charge in [0.25, 0.3) is 5.91 Å². The minimum absolute atomic E-state index is 0.288. The molecule has 0 radical (unpaired) electrons. The summed E-state index contributed by atoms with van der Waals surface area (Å²) < 4.78 is 5.93. The van der Waals surface area contributed by atoms with Crippen LogP contribution in [0.5, 0.6) is 5.75 Å². The van der Waals surface area contributed by atoms with Crippen LogP contribution in [0.3, 0.4) is 0 Å². The van der Waals surface area contributed by atoms with Gasteiger partial charge in [0.2, 0.25) is 0 Å². The fourth-order valence-electron chi connectivity index (χ4n) is 3.27. The van der Waals surface area contributed by atoms with E-state index in [0.717, 1.165) is 16.9 Å². The fourth-order valence-corrected chi connectivity index (χ4v) is 3.27. The number of hydrogen-bond donors (Lipinski definition) is 1. The van der Waals surface area contributed by atoms with Gasteiger partial charge < -0.3 is 10.1 Å². The van der Waals surface area contributed by atoms with Crippen LogP contribution in [0, 0.1) is 0 Å². The van der Waals surface area contributed by atoms with E-state index in [4.69, 9.17) is 4.74 Å². The molecule has 1 aliphatic rings. The second-order valence-electron chi connectivity index (χ2n) is 6.53. The molecule has 3 aromatic rings. The van der Waals surface area contributed by atoms with Gasteiger partial charge in [0.05, 0.1) is 0 Å². The van der Waals surface area contributed by atoms with Gasteiger partial charge in [0, 0.05) is 6.54 Å². The van der Waals surface area contributed by atoms with Gasteiger partial charge in [-0.2, -0.15) is 0 Å². The van der Waals surface area contributed by atoms with E-state index in [-0.39, 0.29) is 17.6 Å². The lowest BCUT2D eigenvalue weighted by Gasteiger charge is -2.09. The van der Waals surface area contributed by atoms with E-state index in [1.807, 2.05) is 42.5 Å². The third-order valence-electron chi connectivity index (χ3n) is 4.74. The van der Waals surface area contributed by atoms with Crippen molar-refractivity contribution in [2.24, 2.45) is 0 Å². The number of nitrogens with one attached hydrogen (secondary N) is 1. The number of nitrogens with zero attached hydrogens (tertiary/aromatic N) is 1. The third-order valence-corrected chi connectivity index (χ3v) is 4.74. The summed E-state index contributed by atoms with van der Waals surface area (Å²) >= 11 is 0. The Labute approximate surface area is 163 Å². The van der Waals surface area contributed by atoms with Gasteiger partial charge in [-0.3, -0.25) is 9.69 Å². The topological polar surface area (TPSA) is 58.6 Å². The van der Waals surface area contributed by atoms with Gasteiger partial charge in [-0.15, -0.1) is 0 Å². The lowest BCUT2D eigenvalue weighted by atomic mass is 10.1. The molecule has 3 amide bonds. The number of hydrogen-bond acceptors (Lipinski definition) is 3. The molecular weight excluding hydrogens is 352 g/mol. The number of ether oxygens (including phenoxy) is 1. The molecular formula is C23H20N2O3. The summed E-state index contributed by atoms with van der Waals surface area (Å²) in [4.78, 5) is 25.0. The van der Waals surface area contributed by atoms with Crippen LogP contribution in [0.25, 0.3) is 16.8 Å². The van der Waals surface area contributed by atoms with Gasteiger partial charge in [-0.25, -0.2) is 4.79 Å². The average Bonchev–Trinajstić information content (AvgIpc) is 2.99. The van der Waals surface area contributed by atoms with E-state index in [9.17, 15) is 9.59 Å². The van der Waals surface area contributed by atoms with Crippen LogP contribution < -0.4 is 10.1 Å². The highest BCUT2D eigenvalue weighted by atomic mass is 16.5. The van der Waals surface area contributed by atoms with Crippen molar-refractivity contribution in [1.29, 1.82) is 0 Å². The number of carbonyl (C=O) groups excluding carboxylic acids is 2. The first-order chi connectivity index (χ1) is 13.7. The van der Waals surface area contributed by atoms with E-state index >= 15 is 0 Å². The summed E-state index contributed by atoms with van der Waals surface area (Å²) in [6.07, 6.45) is 1.67. The maximum absolute atomic E-state index is 12.1. The Hall–Kier alpha value is -3.60. The highest BCUT2D eigenvalue weighted by Crippen LogP contribution is 2.22. The van der Waals surface area contributed by atoms with Gasteiger partial charge in [0.1, 0.15) is 18.1 Å². The number of fused-ring (bicyclic) bond motifs is 1. The van der Waals surface area contributed by atoms with Crippen molar-refractivity contribution in [3.63, 3.8) is 0 Å². The Morgan fingerprint density at radius 2 is 1.71 bits per heavy atom. The molecule has 1 N–H and O–H groups in total. The monoisotopic (exact) mass is 372 g/mol. The second-order valence-corrected chi connectivity index (χ2v) is 6.53. The molecule has 0 aliphatic carbocycles. The molecule has 140 valence electrons. The fraction of sp³-hybridized carbons (Fsp3) is 0.130. The second kappa shape index (κ2) is 7.56. The number of amides is 3. The molecule has 28 heavy (non-hydrogen) atoms. The Balaban J connectivity index is 1.46. The maximum Gasteiger partial charge on any atom is 0.328 e. The van der Waals surface area contributed by atoms with Crippen molar-refractivity contribution in [1.82, 2.24) is 10.2 Å². The summed E-state index contributed by atoms with van der Waals surface area (Å²) in [5.41, 5.74) is 2.23. The van der Waals surface area contributed by atoms with Crippen LogP contribution in [-0.2, 0) is 11.4 Å². The van der Waals surface area contributed by atoms with Crippen LogP contribution in [0.4, 0.5) is 4.79 Å². The molecule has 1 fully saturated rings. The zero-order chi connectivity index (χ0) is 19.5. The van der Waals surface area contributed by atoms with Crippen molar-refractivity contribution < 1.29 is 14.3 Å². The van der Waals surface area contributed by atoms with Crippen LogP contribution in [0.15, 0.2) is 72.4 Å². The predicted molar refractivity (Wildman–Crippen MR) is 109 cm³/mol. The van der Waals surface area contributed by atoms with E-state index in [1.54, 1.807) is 13.0 Å². The summed E-state index contributed by atoms with van der Waals surface area (Å²) in [7, 11) is 0. The molecule has 3 aromatic carbocycles. The zero-order valence-corrected chi connectivity index (χ0v) is 15.5. The molecule has 1 heterocycles. The number of benzene rings is 3. The van der Waals surface area contributed by atoms with Crippen LogP contribution in [-0.4, -0.2) is 23.4 Å². The summed E-state index contributed by atoms with van der Waals surface area (Å²) in [6, 6.07) is 21.5. The van der Waals surface area contributed by atoms with E-state index in [1.165, 1.54) is 15.7 Å². The molecule has 0 aromatic heterocycles. The Kier molecular flexibility index (Phi) is 4.81. The molecule has 0 saturated carbocycles. The normalized spacial score (nSPS) is 15.3. The largest absolute Gasteiger partial charge is 0.489 e. The summed E-state index contributed by atoms with van der Waals surface area (Å²) in [5, 5.41) is 4.97. The summed E-state index contributed by atoms with van der Waals surface area (Å²) in [6.45, 7) is 2.59. The van der Waals surface area contributed by atoms with Gasteiger partial charge in [-0.1, -0.05) is 54.6 Å². The first-order valence-corrected chi connectivity index (χ1v) is 9.20. The van der Waals surface area contributed by atoms with Crippen LogP contribution in [0.2, 0.25) is 0 Å². The number of carbonyl (C=O) groups is 2. The van der Waals surface area contributed by atoms with E-state index in [2.05, 4.69) is 29.6 Å². The Morgan fingerprint density at radius 1 is 0.964 bits per heavy atom. The highest BCUT2D eigenvalue weighted by Gasteiger charge is 2.31. The molecule has 5 nitrogen and oxygen atoms in total. The van der Waals surface area contributed by atoms with Crippen molar-refractivity contribution in [3.8, 4) is 5.75 Å². The molecule has 5 heteroatoms. The molecule has 1 aliphatic heterocycles. The van der Waals surface area contributed by atoms with E-state index in [0.29, 0.717) is 13.2 Å². The highest BCUT2D eigenvalue weighted by molar-refractivity contribution is 6.13. The maximum atomic E-state index is 12.1. The van der Waals surface area contributed by atoms with Crippen molar-refractivity contribution in [3.05, 3.63) is 83.6 Å². The van der Waals surface area contributed by atoms with Crippen LogP contribution in [0.1, 0.15) is 18.1 Å². The zero-order valence-electron chi connectivity index (χ0n) is 15.5. The van der Waals surface area contributed by atoms with Gasteiger partial charge in [-0.05, 0) is 47.0 Å². The van der Waals surface area contributed by atoms with Gasteiger partial charge >= 0.3 is 6.03 Å². The molecule has 4 rings (SSSR count). The minimum Gasteiger partial charge on any atom is -0.489 e. The van der Waals surface area contributed by atoms with Crippen molar-refractivity contribution in [2.75, 3.05) is 6.54 Å². The van der Waals surface area contributed by atoms with Crippen molar-refractivity contribution in [2.45, 2.75) is 13.5 Å². The van der Waals surface area contributed by atoms with E-state index < -0.39 is 0 Å². The Bertz CT molecular complexity index is 1070. The molecule has 0 bridgehead atoms. The molecule has 0 atom stereocenters. The summed E-state index contributed by atoms with van der Waals surface area (Å²) in [5.74, 6) is 0.441. The van der Waals surface area contributed by atoms with Gasteiger partial charge in [0.15, 0.2) is 0 Å².